The molecule has 0 radical (unpaired) electrons. The second-order valence-electron chi connectivity index (χ2n) is 5.03. The highest BCUT2D eigenvalue weighted by molar-refractivity contribution is 6.32. The van der Waals surface area contributed by atoms with Crippen molar-refractivity contribution < 1.29 is 14.6 Å². The molecule has 4 heteroatoms. The van der Waals surface area contributed by atoms with Gasteiger partial charge < -0.3 is 14.6 Å². The van der Waals surface area contributed by atoms with E-state index in [2.05, 4.69) is 12.1 Å². The predicted octanol–water partition coefficient (Wildman–Crippen LogP) is 3.39. The summed E-state index contributed by atoms with van der Waals surface area (Å²) in [5.41, 5.74) is 3.20. The van der Waals surface area contributed by atoms with Crippen molar-refractivity contribution in [3.05, 3.63) is 58.1 Å². The molecule has 0 aliphatic carbocycles. The van der Waals surface area contributed by atoms with Gasteiger partial charge in [-0.3, -0.25) is 0 Å². The quantitative estimate of drug-likeness (QED) is 0.920. The van der Waals surface area contributed by atoms with Gasteiger partial charge in [-0.1, -0.05) is 35.9 Å². The molecule has 0 saturated carbocycles. The number of fused-ring (bicyclic) bond motifs is 1. The Bertz CT molecular complexity index is 640. The first-order valence-electron chi connectivity index (χ1n) is 7.03. The number of para-hydroxylation sites is 1. The third kappa shape index (κ3) is 3.14. The third-order valence-electron chi connectivity index (χ3n) is 3.61. The average molecular weight is 305 g/mol. The van der Waals surface area contributed by atoms with Crippen LogP contribution in [-0.2, 0) is 19.4 Å². The second-order valence-corrected chi connectivity index (χ2v) is 5.43. The number of benzene rings is 2. The van der Waals surface area contributed by atoms with E-state index < -0.39 is 0 Å². The minimum absolute atomic E-state index is 0.0773. The van der Waals surface area contributed by atoms with Crippen LogP contribution in [-0.4, -0.2) is 18.3 Å². The van der Waals surface area contributed by atoms with Crippen molar-refractivity contribution in [1.82, 2.24) is 0 Å². The average Bonchev–Trinajstić information content (AvgIpc) is 2.96. The number of ether oxygens (including phenoxy) is 2. The predicted molar refractivity (Wildman–Crippen MR) is 82.2 cm³/mol. The van der Waals surface area contributed by atoms with Crippen LogP contribution in [0.2, 0.25) is 5.02 Å². The fourth-order valence-corrected chi connectivity index (χ4v) is 2.75. The van der Waals surface area contributed by atoms with Crippen molar-refractivity contribution in [2.45, 2.75) is 19.4 Å². The van der Waals surface area contributed by atoms with Crippen molar-refractivity contribution >= 4 is 11.6 Å². The maximum absolute atomic E-state index is 9.31. The Morgan fingerprint density at radius 2 is 2.14 bits per heavy atom. The van der Waals surface area contributed by atoms with Gasteiger partial charge >= 0.3 is 0 Å². The van der Waals surface area contributed by atoms with Crippen LogP contribution in [0.4, 0.5) is 0 Å². The molecule has 0 aromatic heterocycles. The van der Waals surface area contributed by atoms with Crippen molar-refractivity contribution in [2.75, 3.05) is 13.2 Å². The van der Waals surface area contributed by atoms with Gasteiger partial charge in [-0.05, 0) is 23.3 Å². The molecule has 0 spiro atoms. The van der Waals surface area contributed by atoms with Crippen LogP contribution in [0, 0.1) is 0 Å². The van der Waals surface area contributed by atoms with Gasteiger partial charge in [-0.25, -0.2) is 0 Å². The Labute approximate surface area is 129 Å². The summed E-state index contributed by atoms with van der Waals surface area (Å²) in [7, 11) is 0. The Hall–Kier alpha value is -1.71. The Morgan fingerprint density at radius 1 is 1.24 bits per heavy atom. The van der Waals surface area contributed by atoms with E-state index in [4.69, 9.17) is 21.1 Å². The number of hydrogen-bond donors (Lipinski definition) is 1. The molecule has 2 aromatic rings. The fraction of sp³-hybridized carbons (Fsp3) is 0.294. The first-order chi connectivity index (χ1) is 10.3. The van der Waals surface area contributed by atoms with Crippen molar-refractivity contribution in [3.8, 4) is 11.5 Å². The van der Waals surface area contributed by atoms with Gasteiger partial charge in [0.15, 0.2) is 0 Å². The maximum Gasteiger partial charge on any atom is 0.143 e. The highest BCUT2D eigenvalue weighted by Gasteiger charge is 2.12. The molecule has 0 unspecified atom stereocenters. The Morgan fingerprint density at radius 3 is 3.00 bits per heavy atom. The van der Waals surface area contributed by atoms with E-state index >= 15 is 0 Å². The molecule has 0 bridgehead atoms. The molecule has 1 heterocycles. The maximum atomic E-state index is 9.31. The summed E-state index contributed by atoms with van der Waals surface area (Å²) in [6.45, 7) is 1.22. The van der Waals surface area contributed by atoms with E-state index in [1.807, 2.05) is 12.1 Å². The molecule has 110 valence electrons. The summed E-state index contributed by atoms with van der Waals surface area (Å²) < 4.78 is 11.3. The Balaban J connectivity index is 1.64. The first kappa shape index (κ1) is 14.2. The van der Waals surface area contributed by atoms with Crippen LogP contribution in [0.25, 0.3) is 0 Å². The largest absolute Gasteiger partial charge is 0.493 e. The highest BCUT2D eigenvalue weighted by atomic mass is 35.5. The normalized spacial score (nSPS) is 12.9. The highest BCUT2D eigenvalue weighted by Crippen LogP contribution is 2.29. The van der Waals surface area contributed by atoms with Crippen LogP contribution >= 0.6 is 11.6 Å². The van der Waals surface area contributed by atoms with Crippen molar-refractivity contribution in [1.29, 1.82) is 0 Å². The van der Waals surface area contributed by atoms with E-state index in [9.17, 15) is 5.11 Å². The van der Waals surface area contributed by atoms with E-state index in [1.54, 1.807) is 12.1 Å². The van der Waals surface area contributed by atoms with Crippen LogP contribution in [0.1, 0.15) is 16.7 Å². The van der Waals surface area contributed by atoms with E-state index in [0.29, 0.717) is 22.9 Å². The lowest BCUT2D eigenvalue weighted by atomic mass is 10.1. The van der Waals surface area contributed by atoms with Gasteiger partial charge in [0, 0.05) is 18.4 Å². The zero-order valence-corrected chi connectivity index (χ0v) is 12.4. The number of hydrogen-bond acceptors (Lipinski definition) is 3. The molecule has 0 fully saturated rings. The topological polar surface area (TPSA) is 38.7 Å². The molecule has 1 aliphatic rings. The number of halogens is 1. The summed E-state index contributed by atoms with van der Waals surface area (Å²) in [4.78, 5) is 0. The van der Waals surface area contributed by atoms with E-state index in [1.165, 1.54) is 11.1 Å². The zero-order valence-electron chi connectivity index (χ0n) is 11.6. The molecule has 0 atom stereocenters. The van der Waals surface area contributed by atoms with Crippen molar-refractivity contribution in [2.24, 2.45) is 0 Å². The summed E-state index contributed by atoms with van der Waals surface area (Å²) in [6.07, 6.45) is 1.77. The van der Waals surface area contributed by atoms with E-state index in [0.717, 1.165) is 25.2 Å². The van der Waals surface area contributed by atoms with Gasteiger partial charge in [-0.15, -0.1) is 0 Å². The number of aliphatic hydroxyl groups is 1. The van der Waals surface area contributed by atoms with Gasteiger partial charge in [0.2, 0.25) is 0 Å². The number of aliphatic hydroxyl groups excluding tert-OH is 1. The third-order valence-corrected chi connectivity index (χ3v) is 3.91. The molecule has 0 amide bonds. The van der Waals surface area contributed by atoms with Crippen molar-refractivity contribution in [3.63, 3.8) is 0 Å². The molecule has 21 heavy (non-hydrogen) atoms. The lowest BCUT2D eigenvalue weighted by Crippen LogP contribution is -2.04. The number of rotatable bonds is 5. The molecule has 1 aliphatic heterocycles. The molecule has 2 aromatic carbocycles. The van der Waals surface area contributed by atoms with Gasteiger partial charge in [0.25, 0.3) is 0 Å². The molecule has 3 nitrogen and oxygen atoms in total. The van der Waals surface area contributed by atoms with Crippen LogP contribution < -0.4 is 9.47 Å². The van der Waals surface area contributed by atoms with Gasteiger partial charge in [0.1, 0.15) is 11.5 Å². The SMILES string of the molecule is OCc1cccc(Cl)c1OCCc1ccc2c(c1)CCO2. The lowest BCUT2D eigenvalue weighted by molar-refractivity contribution is 0.264. The summed E-state index contributed by atoms with van der Waals surface area (Å²) in [5.74, 6) is 1.57. The monoisotopic (exact) mass is 304 g/mol. The van der Waals surface area contributed by atoms with Gasteiger partial charge in [0.05, 0.1) is 24.8 Å². The summed E-state index contributed by atoms with van der Waals surface area (Å²) in [6, 6.07) is 11.6. The smallest absolute Gasteiger partial charge is 0.143 e. The molecular weight excluding hydrogens is 288 g/mol. The van der Waals surface area contributed by atoms with Gasteiger partial charge in [-0.2, -0.15) is 0 Å². The summed E-state index contributed by atoms with van der Waals surface area (Å²) in [5, 5.41) is 9.84. The van der Waals surface area contributed by atoms with Crippen LogP contribution in [0.3, 0.4) is 0 Å². The minimum Gasteiger partial charge on any atom is -0.493 e. The van der Waals surface area contributed by atoms with E-state index in [-0.39, 0.29) is 6.61 Å². The fourth-order valence-electron chi connectivity index (χ4n) is 2.51. The lowest BCUT2D eigenvalue weighted by Gasteiger charge is -2.12. The van der Waals surface area contributed by atoms with Crippen LogP contribution in [0.5, 0.6) is 11.5 Å². The minimum atomic E-state index is -0.0773. The van der Waals surface area contributed by atoms with Crippen LogP contribution in [0.15, 0.2) is 36.4 Å². The second kappa shape index (κ2) is 6.37. The standard InChI is InChI=1S/C17H17ClO3/c18-15-3-1-2-14(11-19)17(15)21-8-6-12-4-5-16-13(10-12)7-9-20-16/h1-5,10,19H,6-9,11H2. The first-order valence-corrected chi connectivity index (χ1v) is 7.41. The zero-order chi connectivity index (χ0) is 14.7. The molecule has 3 rings (SSSR count). The summed E-state index contributed by atoms with van der Waals surface area (Å²) >= 11 is 6.11. The molecular formula is C17H17ClO3. The molecule has 1 N–H and O–H groups in total. The Kier molecular flexibility index (Phi) is 4.32. The molecule has 0 saturated heterocycles.